The number of nitrogens with one attached hydrogen (secondary N) is 1. The molecule has 4 nitrogen and oxygen atoms in total. The van der Waals surface area contributed by atoms with Crippen molar-refractivity contribution in [3.63, 3.8) is 0 Å². The molecule has 0 radical (unpaired) electrons. The van der Waals surface area contributed by atoms with Crippen molar-refractivity contribution in [1.82, 2.24) is 5.32 Å². The Hall–Kier alpha value is -0.770. The molecule has 2 N–H and O–H groups in total. The first-order valence-corrected chi connectivity index (χ1v) is 6.34. The van der Waals surface area contributed by atoms with Gasteiger partial charge >= 0.3 is 6.09 Å². The molecule has 1 amide bonds. The van der Waals surface area contributed by atoms with Crippen molar-refractivity contribution in [2.75, 3.05) is 6.61 Å². The zero-order chi connectivity index (χ0) is 13.5. The molecule has 1 unspecified atom stereocenters. The van der Waals surface area contributed by atoms with Gasteiger partial charge in [0.1, 0.15) is 5.60 Å². The van der Waals surface area contributed by atoms with Crippen molar-refractivity contribution < 1.29 is 14.6 Å². The van der Waals surface area contributed by atoms with Crippen LogP contribution < -0.4 is 5.32 Å². The summed E-state index contributed by atoms with van der Waals surface area (Å²) in [4.78, 5) is 11.6. The van der Waals surface area contributed by atoms with Crippen LogP contribution in [0.25, 0.3) is 0 Å². The SMILES string of the molecule is CCCCCC(C)(CO)NC(=O)OC(C)(C)C. The van der Waals surface area contributed by atoms with Crippen molar-refractivity contribution in [3.8, 4) is 0 Å². The Labute approximate surface area is 105 Å². The lowest BCUT2D eigenvalue weighted by Gasteiger charge is -2.30. The summed E-state index contributed by atoms with van der Waals surface area (Å²) >= 11 is 0. The van der Waals surface area contributed by atoms with Gasteiger partial charge in [-0.25, -0.2) is 4.79 Å². The van der Waals surface area contributed by atoms with Gasteiger partial charge in [0.25, 0.3) is 0 Å². The first kappa shape index (κ1) is 16.2. The van der Waals surface area contributed by atoms with E-state index in [0.717, 1.165) is 25.7 Å². The van der Waals surface area contributed by atoms with E-state index in [1.807, 2.05) is 27.7 Å². The predicted octanol–water partition coefficient (Wildman–Crippen LogP) is 2.84. The van der Waals surface area contributed by atoms with E-state index >= 15 is 0 Å². The van der Waals surface area contributed by atoms with Gasteiger partial charge in [0, 0.05) is 0 Å². The lowest BCUT2D eigenvalue weighted by Crippen LogP contribution is -2.50. The molecule has 0 aromatic heterocycles. The van der Waals surface area contributed by atoms with Crippen LogP contribution in [0.2, 0.25) is 0 Å². The van der Waals surface area contributed by atoms with Crippen molar-refractivity contribution in [1.29, 1.82) is 0 Å². The van der Waals surface area contributed by atoms with Gasteiger partial charge in [-0.1, -0.05) is 26.2 Å². The summed E-state index contributed by atoms with van der Waals surface area (Å²) < 4.78 is 5.18. The van der Waals surface area contributed by atoms with E-state index in [9.17, 15) is 9.90 Å². The number of aliphatic hydroxyl groups excluding tert-OH is 1. The maximum absolute atomic E-state index is 11.6. The molecular weight excluding hydrogens is 218 g/mol. The van der Waals surface area contributed by atoms with Gasteiger partial charge in [-0.2, -0.15) is 0 Å². The smallest absolute Gasteiger partial charge is 0.408 e. The lowest BCUT2D eigenvalue weighted by molar-refractivity contribution is 0.0404. The van der Waals surface area contributed by atoms with E-state index in [1.165, 1.54) is 0 Å². The highest BCUT2D eigenvalue weighted by Gasteiger charge is 2.27. The summed E-state index contributed by atoms with van der Waals surface area (Å²) in [6.07, 6.45) is 3.50. The summed E-state index contributed by atoms with van der Waals surface area (Å²) in [5.41, 5.74) is -1.10. The third-order valence-electron chi connectivity index (χ3n) is 2.48. The number of alkyl carbamates (subject to hydrolysis) is 1. The fourth-order valence-electron chi connectivity index (χ4n) is 1.50. The first-order valence-electron chi connectivity index (χ1n) is 6.34. The molecule has 0 saturated heterocycles. The molecule has 0 bridgehead atoms. The molecule has 0 aromatic rings. The summed E-state index contributed by atoms with van der Waals surface area (Å²) in [6.45, 7) is 9.35. The zero-order valence-corrected chi connectivity index (χ0v) is 11.8. The standard InChI is InChI=1S/C13H27NO3/c1-6-7-8-9-13(5,10-15)14-11(16)17-12(2,3)4/h15H,6-10H2,1-5H3,(H,14,16). The number of aliphatic hydroxyl groups is 1. The average molecular weight is 245 g/mol. The Morgan fingerprint density at radius 2 is 1.82 bits per heavy atom. The van der Waals surface area contributed by atoms with E-state index in [0.29, 0.717) is 0 Å². The minimum atomic E-state index is -0.586. The molecule has 0 rings (SSSR count). The van der Waals surface area contributed by atoms with E-state index in [-0.39, 0.29) is 6.61 Å². The number of unbranched alkanes of at least 4 members (excludes halogenated alkanes) is 2. The van der Waals surface area contributed by atoms with Crippen LogP contribution >= 0.6 is 0 Å². The van der Waals surface area contributed by atoms with Crippen LogP contribution in [-0.4, -0.2) is 28.9 Å². The Balaban J connectivity index is 4.22. The third-order valence-corrected chi connectivity index (χ3v) is 2.48. The van der Waals surface area contributed by atoms with Gasteiger partial charge in [0.2, 0.25) is 0 Å². The lowest BCUT2D eigenvalue weighted by atomic mass is 9.95. The van der Waals surface area contributed by atoms with Crippen LogP contribution in [0.5, 0.6) is 0 Å². The number of carbonyl (C=O) groups is 1. The first-order chi connectivity index (χ1) is 7.72. The summed E-state index contributed by atoms with van der Waals surface area (Å²) in [7, 11) is 0. The van der Waals surface area contributed by atoms with Crippen molar-refractivity contribution in [2.24, 2.45) is 0 Å². The van der Waals surface area contributed by atoms with Gasteiger partial charge in [0.15, 0.2) is 0 Å². The number of rotatable bonds is 6. The number of hydrogen-bond acceptors (Lipinski definition) is 3. The molecule has 0 saturated carbocycles. The molecular formula is C13H27NO3. The van der Waals surface area contributed by atoms with E-state index in [4.69, 9.17) is 4.74 Å². The van der Waals surface area contributed by atoms with Gasteiger partial charge in [-0.05, 0) is 34.1 Å². The molecule has 102 valence electrons. The van der Waals surface area contributed by atoms with Crippen LogP contribution in [-0.2, 0) is 4.74 Å². The second kappa shape index (κ2) is 6.84. The highest BCUT2D eigenvalue weighted by atomic mass is 16.6. The molecule has 0 spiro atoms. The number of amides is 1. The fraction of sp³-hybridized carbons (Fsp3) is 0.923. The highest BCUT2D eigenvalue weighted by Crippen LogP contribution is 2.16. The molecule has 0 aromatic carbocycles. The van der Waals surface area contributed by atoms with Gasteiger partial charge in [-0.3, -0.25) is 0 Å². The Kier molecular flexibility index (Phi) is 6.53. The summed E-state index contributed by atoms with van der Waals surface area (Å²) in [5, 5.41) is 12.1. The zero-order valence-electron chi connectivity index (χ0n) is 11.8. The molecule has 0 heterocycles. The average Bonchev–Trinajstić information content (AvgIpc) is 2.15. The maximum Gasteiger partial charge on any atom is 0.408 e. The normalized spacial score (nSPS) is 15.2. The second-order valence-corrected chi connectivity index (χ2v) is 5.80. The van der Waals surface area contributed by atoms with E-state index in [1.54, 1.807) is 0 Å². The van der Waals surface area contributed by atoms with Gasteiger partial charge in [0.05, 0.1) is 12.1 Å². The largest absolute Gasteiger partial charge is 0.444 e. The maximum atomic E-state index is 11.6. The third kappa shape index (κ3) is 8.02. The summed E-state index contributed by atoms with van der Waals surface area (Å²) in [5.74, 6) is 0. The van der Waals surface area contributed by atoms with Crippen LogP contribution in [0.3, 0.4) is 0 Å². The van der Waals surface area contributed by atoms with Crippen LogP contribution in [0, 0.1) is 0 Å². The fourth-order valence-corrected chi connectivity index (χ4v) is 1.50. The predicted molar refractivity (Wildman–Crippen MR) is 69.0 cm³/mol. The quantitative estimate of drug-likeness (QED) is 0.707. The van der Waals surface area contributed by atoms with Crippen molar-refractivity contribution in [2.45, 2.75) is 71.4 Å². The van der Waals surface area contributed by atoms with Gasteiger partial charge in [-0.15, -0.1) is 0 Å². The van der Waals surface area contributed by atoms with Crippen LogP contribution in [0.15, 0.2) is 0 Å². The summed E-state index contributed by atoms with van der Waals surface area (Å²) in [6, 6.07) is 0. The number of carbonyl (C=O) groups excluding carboxylic acids is 1. The molecule has 17 heavy (non-hydrogen) atoms. The van der Waals surface area contributed by atoms with Crippen LogP contribution in [0.1, 0.15) is 60.3 Å². The minimum Gasteiger partial charge on any atom is -0.444 e. The molecule has 1 atom stereocenters. The molecule has 4 heteroatoms. The van der Waals surface area contributed by atoms with Crippen LogP contribution in [0.4, 0.5) is 4.79 Å². The highest BCUT2D eigenvalue weighted by molar-refractivity contribution is 5.68. The monoisotopic (exact) mass is 245 g/mol. The van der Waals surface area contributed by atoms with E-state index < -0.39 is 17.2 Å². The second-order valence-electron chi connectivity index (χ2n) is 5.80. The molecule has 0 aliphatic rings. The Morgan fingerprint density at radius 1 is 1.24 bits per heavy atom. The molecule has 0 aliphatic carbocycles. The van der Waals surface area contributed by atoms with E-state index in [2.05, 4.69) is 12.2 Å². The Morgan fingerprint density at radius 3 is 2.24 bits per heavy atom. The number of ether oxygens (including phenoxy) is 1. The van der Waals surface area contributed by atoms with Crippen molar-refractivity contribution >= 4 is 6.09 Å². The van der Waals surface area contributed by atoms with Gasteiger partial charge < -0.3 is 15.2 Å². The minimum absolute atomic E-state index is 0.0735. The van der Waals surface area contributed by atoms with Crippen molar-refractivity contribution in [3.05, 3.63) is 0 Å². The topological polar surface area (TPSA) is 58.6 Å². The molecule has 0 fully saturated rings. The Bertz CT molecular complexity index is 235. The molecule has 0 aliphatic heterocycles. The number of hydrogen-bond donors (Lipinski definition) is 2.